The molecular formula is C17H17FO4. The van der Waals surface area contributed by atoms with Crippen LogP contribution in [0.4, 0.5) is 4.39 Å². The number of ether oxygens (including phenoxy) is 3. The van der Waals surface area contributed by atoms with Crippen molar-refractivity contribution < 1.29 is 23.4 Å². The van der Waals surface area contributed by atoms with Gasteiger partial charge >= 0.3 is 0 Å². The van der Waals surface area contributed by atoms with Crippen molar-refractivity contribution in [2.24, 2.45) is 0 Å². The summed E-state index contributed by atoms with van der Waals surface area (Å²) in [4.78, 5) is 11.0. The zero-order valence-electron chi connectivity index (χ0n) is 12.6. The molecule has 5 heteroatoms. The summed E-state index contributed by atoms with van der Waals surface area (Å²) in [6.45, 7) is 0. The third kappa shape index (κ3) is 2.73. The molecule has 116 valence electrons. The monoisotopic (exact) mass is 304 g/mol. The molecule has 2 aromatic carbocycles. The standard InChI is InChI=1S/C17H17FO4/c1-20-15-7-4-13(5-8-15)17(21-2,22-3)14-6-9-16(18)12(10-14)11-19/h4-11H,1-3H3. The predicted octanol–water partition coefficient (Wildman–Crippen LogP) is 3.14. The van der Waals surface area contributed by atoms with Crippen LogP contribution in [0.2, 0.25) is 0 Å². The van der Waals surface area contributed by atoms with Gasteiger partial charge in [0.25, 0.3) is 0 Å². The molecule has 0 bridgehead atoms. The predicted molar refractivity (Wildman–Crippen MR) is 79.6 cm³/mol. The van der Waals surface area contributed by atoms with E-state index in [0.29, 0.717) is 23.2 Å². The molecule has 0 fully saturated rings. The van der Waals surface area contributed by atoms with Gasteiger partial charge < -0.3 is 14.2 Å². The van der Waals surface area contributed by atoms with Gasteiger partial charge in [-0.15, -0.1) is 0 Å². The highest BCUT2D eigenvalue weighted by Gasteiger charge is 2.35. The molecule has 2 rings (SSSR count). The van der Waals surface area contributed by atoms with E-state index in [-0.39, 0.29) is 5.56 Å². The first-order chi connectivity index (χ1) is 10.6. The summed E-state index contributed by atoms with van der Waals surface area (Å²) in [6, 6.07) is 11.3. The van der Waals surface area contributed by atoms with Crippen LogP contribution in [0.1, 0.15) is 21.5 Å². The van der Waals surface area contributed by atoms with Crippen LogP contribution in [0.15, 0.2) is 42.5 Å². The summed E-state index contributed by atoms with van der Waals surface area (Å²) in [5.74, 6) is -1.13. The molecule has 0 aromatic heterocycles. The van der Waals surface area contributed by atoms with E-state index >= 15 is 0 Å². The zero-order chi connectivity index (χ0) is 16.2. The molecule has 4 nitrogen and oxygen atoms in total. The van der Waals surface area contributed by atoms with Gasteiger partial charge in [0.2, 0.25) is 5.79 Å². The minimum atomic E-state index is -1.24. The number of carbonyl (C=O) groups is 1. The van der Waals surface area contributed by atoms with Crippen LogP contribution in [-0.4, -0.2) is 27.6 Å². The van der Waals surface area contributed by atoms with Gasteiger partial charge in [0.15, 0.2) is 6.29 Å². The molecule has 2 aromatic rings. The molecule has 0 spiro atoms. The smallest absolute Gasteiger partial charge is 0.221 e. The number of carbonyl (C=O) groups excluding carboxylic acids is 1. The quantitative estimate of drug-likeness (QED) is 0.607. The Bertz CT molecular complexity index is 648. The first-order valence-electron chi connectivity index (χ1n) is 6.61. The highest BCUT2D eigenvalue weighted by Crippen LogP contribution is 2.35. The molecule has 0 aliphatic heterocycles. The molecule has 0 heterocycles. The molecular weight excluding hydrogens is 287 g/mol. The van der Waals surface area contributed by atoms with Gasteiger partial charge in [-0.05, 0) is 36.4 Å². The molecule has 0 aliphatic carbocycles. The Kier molecular flexibility index (Phi) is 4.90. The topological polar surface area (TPSA) is 44.8 Å². The fourth-order valence-corrected chi connectivity index (χ4v) is 2.37. The largest absolute Gasteiger partial charge is 0.497 e. The first kappa shape index (κ1) is 16.1. The lowest BCUT2D eigenvalue weighted by molar-refractivity contribution is -0.183. The van der Waals surface area contributed by atoms with Gasteiger partial charge in [0.05, 0.1) is 12.7 Å². The van der Waals surface area contributed by atoms with E-state index in [1.807, 2.05) is 0 Å². The number of halogens is 1. The molecule has 0 unspecified atom stereocenters. The molecule has 0 saturated heterocycles. The second-order valence-corrected chi connectivity index (χ2v) is 4.61. The lowest BCUT2D eigenvalue weighted by atomic mass is 9.95. The summed E-state index contributed by atoms with van der Waals surface area (Å²) in [6.07, 6.45) is 0.461. The Morgan fingerprint density at radius 3 is 2.05 bits per heavy atom. The molecule has 22 heavy (non-hydrogen) atoms. The fourth-order valence-electron chi connectivity index (χ4n) is 2.37. The first-order valence-corrected chi connectivity index (χ1v) is 6.61. The van der Waals surface area contributed by atoms with E-state index in [1.54, 1.807) is 31.4 Å². The van der Waals surface area contributed by atoms with Crippen LogP contribution in [0, 0.1) is 5.82 Å². The third-order valence-electron chi connectivity index (χ3n) is 3.55. The summed E-state index contributed by atoms with van der Waals surface area (Å²) in [5, 5.41) is 0. The Hall–Kier alpha value is -2.24. The van der Waals surface area contributed by atoms with Gasteiger partial charge in [0, 0.05) is 25.3 Å². The average molecular weight is 304 g/mol. The van der Waals surface area contributed by atoms with Crippen molar-refractivity contribution in [1.82, 2.24) is 0 Å². The minimum Gasteiger partial charge on any atom is -0.497 e. The third-order valence-corrected chi connectivity index (χ3v) is 3.55. The number of methoxy groups -OCH3 is 3. The number of hydrogen-bond donors (Lipinski definition) is 0. The maximum absolute atomic E-state index is 13.5. The maximum Gasteiger partial charge on any atom is 0.221 e. The van der Waals surface area contributed by atoms with Crippen molar-refractivity contribution in [3.05, 3.63) is 65.0 Å². The fraction of sp³-hybridized carbons (Fsp3) is 0.235. The van der Waals surface area contributed by atoms with E-state index in [0.717, 1.165) is 0 Å². The van der Waals surface area contributed by atoms with Crippen LogP contribution in [0.25, 0.3) is 0 Å². The Labute approximate surface area is 128 Å². The van der Waals surface area contributed by atoms with E-state index in [1.165, 1.54) is 32.4 Å². The van der Waals surface area contributed by atoms with Crippen LogP contribution >= 0.6 is 0 Å². The van der Waals surface area contributed by atoms with E-state index in [2.05, 4.69) is 0 Å². The maximum atomic E-state index is 13.5. The van der Waals surface area contributed by atoms with Crippen molar-refractivity contribution >= 4 is 6.29 Å². The van der Waals surface area contributed by atoms with Crippen molar-refractivity contribution in [1.29, 1.82) is 0 Å². The van der Waals surface area contributed by atoms with Crippen LogP contribution in [-0.2, 0) is 15.3 Å². The Morgan fingerprint density at radius 2 is 1.55 bits per heavy atom. The van der Waals surface area contributed by atoms with Gasteiger partial charge in [-0.25, -0.2) is 4.39 Å². The molecule has 0 radical (unpaired) electrons. The van der Waals surface area contributed by atoms with Crippen molar-refractivity contribution in [3.8, 4) is 5.75 Å². The number of rotatable bonds is 6. The molecule has 0 amide bonds. The summed E-state index contributed by atoms with van der Waals surface area (Å²) < 4.78 is 29.8. The van der Waals surface area contributed by atoms with E-state index in [4.69, 9.17) is 14.2 Å². The van der Waals surface area contributed by atoms with Gasteiger partial charge in [-0.1, -0.05) is 6.07 Å². The van der Waals surface area contributed by atoms with Crippen molar-refractivity contribution in [3.63, 3.8) is 0 Å². The van der Waals surface area contributed by atoms with Gasteiger partial charge in [-0.3, -0.25) is 4.79 Å². The minimum absolute atomic E-state index is 0.0514. The highest BCUT2D eigenvalue weighted by atomic mass is 19.1. The van der Waals surface area contributed by atoms with Crippen molar-refractivity contribution in [2.75, 3.05) is 21.3 Å². The summed E-state index contributed by atoms with van der Waals surface area (Å²) in [7, 11) is 4.54. The SMILES string of the molecule is COc1ccc(C(OC)(OC)c2ccc(F)c(C=O)c2)cc1. The van der Waals surface area contributed by atoms with Gasteiger partial charge in [0.1, 0.15) is 11.6 Å². The second kappa shape index (κ2) is 6.68. The summed E-state index contributed by atoms with van der Waals surface area (Å²) in [5.41, 5.74) is 1.16. The normalized spacial score (nSPS) is 11.3. The highest BCUT2D eigenvalue weighted by molar-refractivity contribution is 5.75. The number of hydrogen-bond acceptors (Lipinski definition) is 4. The Balaban J connectivity index is 2.58. The summed E-state index contributed by atoms with van der Waals surface area (Å²) >= 11 is 0. The molecule has 0 atom stereocenters. The zero-order valence-corrected chi connectivity index (χ0v) is 12.6. The van der Waals surface area contributed by atoms with Crippen LogP contribution in [0.5, 0.6) is 5.75 Å². The lowest BCUT2D eigenvalue weighted by Crippen LogP contribution is -2.32. The molecule has 0 aliphatic rings. The van der Waals surface area contributed by atoms with Crippen LogP contribution < -0.4 is 4.74 Å². The molecule has 0 saturated carbocycles. The van der Waals surface area contributed by atoms with Crippen LogP contribution in [0.3, 0.4) is 0 Å². The second-order valence-electron chi connectivity index (χ2n) is 4.61. The average Bonchev–Trinajstić information content (AvgIpc) is 2.58. The van der Waals surface area contributed by atoms with E-state index in [9.17, 15) is 9.18 Å². The molecule has 0 N–H and O–H groups in total. The number of aldehydes is 1. The lowest BCUT2D eigenvalue weighted by Gasteiger charge is -2.32. The van der Waals surface area contributed by atoms with Crippen molar-refractivity contribution in [2.45, 2.75) is 5.79 Å². The Morgan fingerprint density at radius 1 is 0.955 bits per heavy atom. The van der Waals surface area contributed by atoms with Gasteiger partial charge in [-0.2, -0.15) is 0 Å². The number of benzene rings is 2. The van der Waals surface area contributed by atoms with E-state index < -0.39 is 11.6 Å².